The van der Waals surface area contributed by atoms with Crippen molar-refractivity contribution in [1.82, 2.24) is 15.2 Å². The van der Waals surface area contributed by atoms with Crippen molar-refractivity contribution in [3.05, 3.63) is 71.0 Å². The van der Waals surface area contributed by atoms with Gasteiger partial charge in [-0.15, -0.1) is 0 Å². The first-order valence-electron chi connectivity index (χ1n) is 10.5. The van der Waals surface area contributed by atoms with Gasteiger partial charge < -0.3 is 10.6 Å². The Labute approximate surface area is 185 Å². The number of rotatable bonds is 5. The first-order chi connectivity index (χ1) is 15.1. The highest BCUT2D eigenvalue weighted by atomic mass is 35.5. The largest absolute Gasteiger partial charge is 0.352 e. The Morgan fingerprint density at radius 1 is 1.13 bits per heavy atom. The molecule has 31 heavy (non-hydrogen) atoms. The first kappa shape index (κ1) is 20.0. The van der Waals surface area contributed by atoms with E-state index < -0.39 is 5.92 Å². The number of hydrogen-bond acceptors (Lipinski definition) is 4. The molecule has 0 saturated heterocycles. The molecule has 3 aromatic rings. The normalized spacial score (nSPS) is 18.4. The summed E-state index contributed by atoms with van der Waals surface area (Å²) in [6.45, 7) is 1.35. The maximum absolute atomic E-state index is 13.4. The summed E-state index contributed by atoms with van der Waals surface area (Å²) in [7, 11) is 0. The van der Waals surface area contributed by atoms with E-state index in [1.807, 2.05) is 47.4 Å². The fourth-order valence-electron chi connectivity index (χ4n) is 4.18. The summed E-state index contributed by atoms with van der Waals surface area (Å²) < 4.78 is 0. The summed E-state index contributed by atoms with van der Waals surface area (Å²) in [5.41, 5.74) is 2.61. The molecule has 2 aliphatic rings. The van der Waals surface area contributed by atoms with Crippen LogP contribution in [-0.4, -0.2) is 40.8 Å². The number of halogens is 1. The van der Waals surface area contributed by atoms with Crippen molar-refractivity contribution in [2.45, 2.75) is 31.3 Å². The fourth-order valence-corrected chi connectivity index (χ4v) is 4.36. The van der Waals surface area contributed by atoms with Gasteiger partial charge in [-0.3, -0.25) is 19.5 Å². The van der Waals surface area contributed by atoms with Crippen LogP contribution in [0.3, 0.4) is 0 Å². The predicted molar refractivity (Wildman–Crippen MR) is 121 cm³/mol. The van der Waals surface area contributed by atoms with Gasteiger partial charge in [0.15, 0.2) is 0 Å². The molecule has 2 aromatic carbocycles. The van der Waals surface area contributed by atoms with Gasteiger partial charge in [0.25, 0.3) is 0 Å². The molecule has 1 atom stereocenters. The van der Waals surface area contributed by atoms with E-state index >= 15 is 0 Å². The van der Waals surface area contributed by atoms with Crippen molar-refractivity contribution in [3.63, 3.8) is 0 Å². The van der Waals surface area contributed by atoms with E-state index in [0.29, 0.717) is 29.8 Å². The van der Waals surface area contributed by atoms with Crippen molar-refractivity contribution < 1.29 is 9.59 Å². The molecule has 1 fully saturated rings. The van der Waals surface area contributed by atoms with Crippen LogP contribution in [0.4, 0.5) is 5.69 Å². The maximum Gasteiger partial charge on any atom is 0.234 e. The lowest BCUT2D eigenvalue weighted by molar-refractivity contribution is -0.124. The van der Waals surface area contributed by atoms with Crippen molar-refractivity contribution >= 4 is 39.9 Å². The van der Waals surface area contributed by atoms with Gasteiger partial charge in [-0.25, -0.2) is 0 Å². The number of pyridine rings is 1. The Kier molecular flexibility index (Phi) is 5.34. The maximum atomic E-state index is 13.4. The average Bonchev–Trinajstić information content (AvgIpc) is 3.57. The number of carbonyl (C=O) groups is 2. The van der Waals surface area contributed by atoms with E-state index in [4.69, 9.17) is 11.6 Å². The molecule has 6 nitrogen and oxygen atoms in total. The molecule has 1 aliphatic heterocycles. The molecule has 1 aromatic heterocycles. The monoisotopic (exact) mass is 434 g/mol. The SMILES string of the molecule is O=C(CN1Cc2ccc(Cl)cc2[C@H](C(=O)Nc2cncc3ccccc23)C1)NC1CC1. The highest BCUT2D eigenvalue weighted by molar-refractivity contribution is 6.30. The van der Waals surface area contributed by atoms with Gasteiger partial charge in [-0.2, -0.15) is 0 Å². The minimum atomic E-state index is -0.435. The molecule has 0 spiro atoms. The quantitative estimate of drug-likeness (QED) is 0.642. The Morgan fingerprint density at radius 3 is 2.81 bits per heavy atom. The van der Waals surface area contributed by atoms with Gasteiger partial charge in [0.1, 0.15) is 0 Å². The lowest BCUT2D eigenvalue weighted by atomic mass is 9.89. The van der Waals surface area contributed by atoms with Crippen LogP contribution in [0.25, 0.3) is 10.8 Å². The third-order valence-electron chi connectivity index (χ3n) is 5.87. The molecular weight excluding hydrogens is 412 g/mol. The molecule has 0 bridgehead atoms. The van der Waals surface area contributed by atoms with Crippen molar-refractivity contribution in [3.8, 4) is 0 Å². The van der Waals surface area contributed by atoms with Crippen molar-refractivity contribution in [2.75, 3.05) is 18.4 Å². The van der Waals surface area contributed by atoms with Gasteiger partial charge >= 0.3 is 0 Å². The third kappa shape index (κ3) is 4.40. The number of nitrogens with zero attached hydrogens (tertiary/aromatic N) is 2. The topological polar surface area (TPSA) is 74.3 Å². The van der Waals surface area contributed by atoms with E-state index in [0.717, 1.165) is 34.7 Å². The lowest BCUT2D eigenvalue weighted by Crippen LogP contribution is -2.44. The molecule has 2 N–H and O–H groups in total. The van der Waals surface area contributed by atoms with E-state index in [2.05, 4.69) is 15.6 Å². The van der Waals surface area contributed by atoms with Crippen LogP contribution in [0, 0.1) is 0 Å². The van der Waals surface area contributed by atoms with Crippen LogP contribution in [0.1, 0.15) is 29.9 Å². The van der Waals surface area contributed by atoms with Gasteiger partial charge in [-0.05, 0) is 36.1 Å². The molecule has 5 rings (SSSR count). The molecule has 158 valence electrons. The van der Waals surface area contributed by atoms with Crippen molar-refractivity contribution in [2.24, 2.45) is 0 Å². The second-order valence-corrected chi connectivity index (χ2v) is 8.74. The van der Waals surface area contributed by atoms with Gasteiger partial charge in [-0.1, -0.05) is 41.9 Å². The standard InChI is InChI=1S/C24H23ClN4O2/c25-17-6-5-16-12-29(14-23(30)27-18-7-8-18)13-21(20(16)9-17)24(31)28-22-11-26-10-15-3-1-2-4-19(15)22/h1-6,9-11,18,21H,7-8,12-14H2,(H,27,30)(H,28,31)/t21-/m1/s1. The number of amides is 2. The lowest BCUT2D eigenvalue weighted by Gasteiger charge is -2.33. The molecule has 2 amide bonds. The van der Waals surface area contributed by atoms with Gasteiger partial charge in [0.05, 0.1) is 24.3 Å². The number of anilines is 1. The molecule has 1 saturated carbocycles. The Hall–Kier alpha value is -2.96. The molecule has 0 radical (unpaired) electrons. The van der Waals surface area contributed by atoms with Crippen LogP contribution in [0.5, 0.6) is 0 Å². The van der Waals surface area contributed by atoms with E-state index in [1.54, 1.807) is 12.4 Å². The first-order valence-corrected chi connectivity index (χ1v) is 10.9. The van der Waals surface area contributed by atoms with E-state index in [-0.39, 0.29) is 18.4 Å². The summed E-state index contributed by atoms with van der Waals surface area (Å²) in [6, 6.07) is 13.8. The zero-order chi connectivity index (χ0) is 21.4. The minimum absolute atomic E-state index is 0.0114. The number of aromatic nitrogens is 1. The fraction of sp³-hybridized carbons (Fsp3) is 0.292. The van der Waals surface area contributed by atoms with Gasteiger partial charge in [0.2, 0.25) is 11.8 Å². The number of hydrogen-bond donors (Lipinski definition) is 2. The van der Waals surface area contributed by atoms with Crippen LogP contribution in [-0.2, 0) is 16.1 Å². The van der Waals surface area contributed by atoms with Crippen LogP contribution in [0.2, 0.25) is 5.02 Å². The number of fused-ring (bicyclic) bond motifs is 2. The zero-order valence-corrected chi connectivity index (χ0v) is 17.7. The van der Waals surface area contributed by atoms with Crippen molar-refractivity contribution in [1.29, 1.82) is 0 Å². The highest BCUT2D eigenvalue weighted by Crippen LogP contribution is 2.32. The molecule has 7 heteroatoms. The minimum Gasteiger partial charge on any atom is -0.352 e. The molecule has 2 heterocycles. The number of nitrogens with one attached hydrogen (secondary N) is 2. The van der Waals surface area contributed by atoms with E-state index in [1.165, 1.54) is 0 Å². The summed E-state index contributed by atoms with van der Waals surface area (Å²) in [6.07, 6.45) is 5.55. The molecule has 0 unspecified atom stereocenters. The van der Waals surface area contributed by atoms with Gasteiger partial charge in [0, 0.05) is 41.1 Å². The number of carbonyl (C=O) groups excluding carboxylic acids is 2. The number of benzene rings is 2. The summed E-state index contributed by atoms with van der Waals surface area (Å²) in [4.78, 5) is 32.0. The molecular formula is C24H23ClN4O2. The Morgan fingerprint density at radius 2 is 1.97 bits per heavy atom. The second kappa shape index (κ2) is 8.29. The highest BCUT2D eigenvalue weighted by Gasteiger charge is 2.32. The zero-order valence-electron chi connectivity index (χ0n) is 17.0. The summed E-state index contributed by atoms with van der Waals surface area (Å²) in [5.74, 6) is -0.554. The smallest absolute Gasteiger partial charge is 0.234 e. The average molecular weight is 435 g/mol. The summed E-state index contributed by atoms with van der Waals surface area (Å²) >= 11 is 6.25. The Bertz CT molecular complexity index is 1160. The Balaban J connectivity index is 1.40. The molecule has 1 aliphatic carbocycles. The van der Waals surface area contributed by atoms with Crippen LogP contribution in [0.15, 0.2) is 54.9 Å². The van der Waals surface area contributed by atoms with E-state index in [9.17, 15) is 9.59 Å². The van der Waals surface area contributed by atoms with Crippen LogP contribution >= 0.6 is 11.6 Å². The van der Waals surface area contributed by atoms with Crippen LogP contribution < -0.4 is 10.6 Å². The third-order valence-corrected chi connectivity index (χ3v) is 6.11. The predicted octanol–water partition coefficient (Wildman–Crippen LogP) is 3.70. The summed E-state index contributed by atoms with van der Waals surface area (Å²) in [5, 5.41) is 8.59. The second-order valence-electron chi connectivity index (χ2n) is 8.30.